The molecule has 5 heteroatoms. The van der Waals surface area contributed by atoms with Gasteiger partial charge < -0.3 is 18.6 Å². The third-order valence-electron chi connectivity index (χ3n) is 4.42. The van der Waals surface area contributed by atoms with Crippen LogP contribution in [0.2, 0.25) is 6.04 Å². The monoisotopic (exact) mass is 351 g/mol. The molecule has 24 heavy (non-hydrogen) atoms. The molecule has 2 unspecified atom stereocenters. The van der Waals surface area contributed by atoms with E-state index in [4.69, 9.17) is 13.3 Å². The first-order valence-corrected chi connectivity index (χ1v) is 11.3. The van der Waals surface area contributed by atoms with E-state index >= 15 is 0 Å². The van der Waals surface area contributed by atoms with Gasteiger partial charge in [-0.1, -0.05) is 30.3 Å². The normalized spacial score (nSPS) is 20.3. The summed E-state index contributed by atoms with van der Waals surface area (Å²) >= 11 is 0. The second-order valence-electron chi connectivity index (χ2n) is 6.33. The molecule has 0 amide bonds. The lowest BCUT2D eigenvalue weighted by Gasteiger charge is -2.28. The van der Waals surface area contributed by atoms with Gasteiger partial charge in [-0.25, -0.2) is 0 Å². The molecule has 0 aliphatic heterocycles. The van der Waals surface area contributed by atoms with Gasteiger partial charge >= 0.3 is 8.80 Å². The highest BCUT2D eigenvalue weighted by Crippen LogP contribution is 2.33. The molecule has 1 saturated carbocycles. The number of hydrogen-bond donors (Lipinski definition) is 1. The third kappa shape index (κ3) is 6.30. The Balaban J connectivity index is 1.66. The Morgan fingerprint density at radius 2 is 1.62 bits per heavy atom. The molecule has 0 heterocycles. The second kappa shape index (κ2) is 10.3. The molecule has 0 aromatic heterocycles. The van der Waals surface area contributed by atoms with Crippen molar-refractivity contribution in [3.8, 4) is 0 Å². The Labute approximate surface area is 148 Å². The third-order valence-corrected chi connectivity index (χ3v) is 7.57. The fourth-order valence-corrected chi connectivity index (χ4v) is 5.85. The van der Waals surface area contributed by atoms with Gasteiger partial charge in [0.2, 0.25) is 0 Å². The topological polar surface area (TPSA) is 39.7 Å². The average molecular weight is 352 g/mol. The maximum Gasteiger partial charge on any atom is 0.500 e. The van der Waals surface area contributed by atoms with E-state index in [-0.39, 0.29) is 0 Å². The molecular formula is C19H33NO3Si. The van der Waals surface area contributed by atoms with Crippen LogP contribution in [0, 0.1) is 5.92 Å². The Morgan fingerprint density at radius 3 is 2.21 bits per heavy atom. The maximum atomic E-state index is 5.90. The summed E-state index contributed by atoms with van der Waals surface area (Å²) in [5, 5.41) is 3.68. The molecule has 1 aliphatic carbocycles. The summed E-state index contributed by atoms with van der Waals surface area (Å²) in [6.45, 7) is 9.01. The highest BCUT2D eigenvalue weighted by atomic mass is 28.4. The Kier molecular flexibility index (Phi) is 8.42. The van der Waals surface area contributed by atoms with Gasteiger partial charge in [0.25, 0.3) is 0 Å². The smallest absolute Gasteiger partial charge is 0.374 e. The van der Waals surface area contributed by atoms with Gasteiger partial charge in [0.15, 0.2) is 0 Å². The van der Waals surface area contributed by atoms with Crippen molar-refractivity contribution in [2.24, 2.45) is 5.92 Å². The average Bonchev–Trinajstić information content (AvgIpc) is 3.31. The zero-order valence-corrected chi connectivity index (χ0v) is 16.4. The van der Waals surface area contributed by atoms with E-state index in [0.717, 1.165) is 24.9 Å². The van der Waals surface area contributed by atoms with Gasteiger partial charge in [-0.3, -0.25) is 0 Å². The zero-order chi connectivity index (χ0) is 17.3. The lowest BCUT2D eigenvalue weighted by molar-refractivity contribution is 0.0708. The zero-order valence-electron chi connectivity index (χ0n) is 15.4. The summed E-state index contributed by atoms with van der Waals surface area (Å²) in [4.78, 5) is 0. The quantitative estimate of drug-likeness (QED) is 0.435. The molecule has 136 valence electrons. The van der Waals surface area contributed by atoms with Crippen LogP contribution in [0.3, 0.4) is 0 Å². The van der Waals surface area contributed by atoms with Crippen LogP contribution in [0.15, 0.2) is 30.3 Å². The number of nitrogens with one attached hydrogen (secondary N) is 1. The van der Waals surface area contributed by atoms with Gasteiger partial charge in [-0.05, 0) is 58.1 Å². The number of benzene rings is 1. The van der Waals surface area contributed by atoms with Crippen molar-refractivity contribution < 1.29 is 13.3 Å². The fraction of sp³-hybridized carbons (Fsp3) is 0.684. The SMILES string of the molecule is CCO[Si](CCCNC1CC1Cc1ccccc1)(OCC)OCC. The summed E-state index contributed by atoms with van der Waals surface area (Å²) in [7, 11) is -2.47. The lowest BCUT2D eigenvalue weighted by atomic mass is 10.1. The molecular weight excluding hydrogens is 318 g/mol. The molecule has 1 N–H and O–H groups in total. The van der Waals surface area contributed by atoms with Crippen LogP contribution in [0.5, 0.6) is 0 Å². The molecule has 4 nitrogen and oxygen atoms in total. The van der Waals surface area contributed by atoms with Gasteiger partial charge in [0.05, 0.1) is 0 Å². The summed E-state index contributed by atoms with van der Waals surface area (Å²) in [6.07, 6.45) is 3.52. The molecule has 0 spiro atoms. The summed E-state index contributed by atoms with van der Waals surface area (Å²) in [5.74, 6) is 0.792. The first-order chi connectivity index (χ1) is 11.7. The van der Waals surface area contributed by atoms with Crippen LogP contribution >= 0.6 is 0 Å². The second-order valence-corrected chi connectivity index (χ2v) is 9.06. The van der Waals surface area contributed by atoms with Crippen molar-refractivity contribution in [2.45, 2.75) is 52.1 Å². The minimum atomic E-state index is -2.47. The van der Waals surface area contributed by atoms with E-state index in [1.807, 2.05) is 20.8 Å². The van der Waals surface area contributed by atoms with E-state index in [1.54, 1.807) is 0 Å². The van der Waals surface area contributed by atoms with E-state index in [2.05, 4.69) is 35.6 Å². The standard InChI is InChI=1S/C19H33NO3Si/c1-4-21-24(22-5-2,23-6-3)14-10-13-20-19-16-18(19)15-17-11-8-7-9-12-17/h7-9,11-12,18-20H,4-6,10,13-16H2,1-3H3. The van der Waals surface area contributed by atoms with Crippen LogP contribution < -0.4 is 5.32 Å². The molecule has 0 bridgehead atoms. The molecule has 0 saturated heterocycles. The van der Waals surface area contributed by atoms with E-state index in [1.165, 1.54) is 18.4 Å². The largest absolute Gasteiger partial charge is 0.500 e. The minimum absolute atomic E-state index is 0.654. The van der Waals surface area contributed by atoms with Crippen LogP contribution in [0.25, 0.3) is 0 Å². The fourth-order valence-electron chi connectivity index (χ4n) is 3.23. The van der Waals surface area contributed by atoms with Gasteiger partial charge in [-0.15, -0.1) is 0 Å². The van der Waals surface area contributed by atoms with Crippen LogP contribution in [0.4, 0.5) is 0 Å². The van der Waals surface area contributed by atoms with Crippen molar-refractivity contribution in [1.82, 2.24) is 5.32 Å². The summed E-state index contributed by atoms with van der Waals surface area (Å²) in [5.41, 5.74) is 1.45. The van der Waals surface area contributed by atoms with Crippen molar-refractivity contribution in [2.75, 3.05) is 26.4 Å². The molecule has 1 aromatic carbocycles. The highest BCUT2D eigenvalue weighted by Gasteiger charge is 2.40. The van der Waals surface area contributed by atoms with E-state index < -0.39 is 8.80 Å². The highest BCUT2D eigenvalue weighted by molar-refractivity contribution is 6.60. The number of rotatable bonds is 13. The van der Waals surface area contributed by atoms with Crippen LogP contribution in [-0.2, 0) is 19.7 Å². The molecule has 0 radical (unpaired) electrons. The minimum Gasteiger partial charge on any atom is -0.374 e. The Hall–Kier alpha value is -0.723. The van der Waals surface area contributed by atoms with Gasteiger partial charge in [-0.2, -0.15) is 0 Å². The predicted octanol–water partition coefficient (Wildman–Crippen LogP) is 3.65. The van der Waals surface area contributed by atoms with E-state index in [0.29, 0.717) is 25.9 Å². The first-order valence-electron chi connectivity index (χ1n) is 9.42. The van der Waals surface area contributed by atoms with Crippen molar-refractivity contribution in [3.63, 3.8) is 0 Å². The Morgan fingerprint density at radius 1 is 1.00 bits per heavy atom. The van der Waals surface area contributed by atoms with Crippen molar-refractivity contribution in [3.05, 3.63) is 35.9 Å². The van der Waals surface area contributed by atoms with Crippen molar-refractivity contribution >= 4 is 8.80 Å². The molecule has 1 aromatic rings. The maximum absolute atomic E-state index is 5.90. The molecule has 2 rings (SSSR count). The summed E-state index contributed by atoms with van der Waals surface area (Å²) in [6, 6.07) is 12.3. The molecule has 2 atom stereocenters. The van der Waals surface area contributed by atoms with Crippen molar-refractivity contribution in [1.29, 1.82) is 0 Å². The summed E-state index contributed by atoms with van der Waals surface area (Å²) < 4.78 is 17.7. The van der Waals surface area contributed by atoms with E-state index in [9.17, 15) is 0 Å². The van der Waals surface area contributed by atoms with Gasteiger partial charge in [0, 0.05) is 31.9 Å². The lowest BCUT2D eigenvalue weighted by Crippen LogP contribution is -2.46. The predicted molar refractivity (Wildman–Crippen MR) is 100 cm³/mol. The first kappa shape index (κ1) is 19.6. The Bertz CT molecular complexity index is 440. The molecule has 1 aliphatic rings. The van der Waals surface area contributed by atoms with Gasteiger partial charge in [0.1, 0.15) is 0 Å². The molecule has 1 fully saturated rings. The number of hydrogen-bond acceptors (Lipinski definition) is 4. The van der Waals surface area contributed by atoms with Crippen LogP contribution in [-0.4, -0.2) is 41.2 Å². The van der Waals surface area contributed by atoms with Crippen LogP contribution in [0.1, 0.15) is 39.2 Å².